The van der Waals surface area contributed by atoms with E-state index in [0.29, 0.717) is 0 Å². The third-order valence-electron chi connectivity index (χ3n) is 0. The second kappa shape index (κ2) is 102. The van der Waals surface area contributed by atoms with Gasteiger partial charge < -0.3 is 62.9 Å². The van der Waals surface area contributed by atoms with Crippen LogP contribution >= 0.6 is 0 Å². The van der Waals surface area contributed by atoms with E-state index in [1.54, 1.807) is 0 Å². The molecule has 0 atom stereocenters. The summed E-state index contributed by atoms with van der Waals surface area (Å²) in [6.45, 7) is 0. The Hall–Kier alpha value is 4.60. The summed E-state index contributed by atoms with van der Waals surface area (Å²) in [6.07, 6.45) is 0. The van der Waals surface area contributed by atoms with Gasteiger partial charge in [0.05, 0.1) is 0 Å². The van der Waals surface area contributed by atoms with Crippen LogP contribution in [0.15, 0.2) is 0 Å². The molecule has 0 heterocycles. The molecule has 0 amide bonds. The van der Waals surface area contributed by atoms with Crippen molar-refractivity contribution in [1.82, 2.24) is 0 Å². The van der Waals surface area contributed by atoms with E-state index in [0.717, 1.165) is 0 Å². The van der Waals surface area contributed by atoms with Gasteiger partial charge in [-0.05, 0) is 0 Å². The van der Waals surface area contributed by atoms with Crippen molar-refractivity contribution < 1.29 is 62.9 Å². The molecule has 0 aliphatic rings. The van der Waals surface area contributed by atoms with Gasteiger partial charge in [0, 0.05) is 0 Å². The summed E-state index contributed by atoms with van der Waals surface area (Å²) in [5.74, 6) is 0. The van der Waals surface area contributed by atoms with Crippen LogP contribution in [0.3, 0.4) is 0 Å². The van der Waals surface area contributed by atoms with Gasteiger partial charge in [0.25, 0.3) is 0 Å². The number of hydrogen-bond acceptors (Lipinski definition) is 0. The van der Waals surface area contributed by atoms with Crippen molar-refractivity contribution in [1.29, 1.82) is 0 Å². The fraction of sp³-hybridized carbons (Fsp3) is 0. The maximum Gasteiger partial charge on any atom is 3.00 e. The summed E-state index contributed by atoms with van der Waals surface area (Å²) < 4.78 is 0. The Morgan fingerprint density at radius 3 is 0.300 bits per heavy atom. The van der Waals surface area contributed by atoms with Crippen molar-refractivity contribution >= 4 is 122 Å². The van der Waals surface area contributed by atoms with E-state index < -0.39 is 0 Å². The fourth-order valence-electron chi connectivity index (χ4n) is 0. The van der Waals surface area contributed by atoms with Gasteiger partial charge in [0.2, 0.25) is 0 Å². The van der Waals surface area contributed by atoms with E-state index in [1.807, 2.05) is 0 Å². The minimum atomic E-state index is 0. The van der Waals surface area contributed by atoms with E-state index >= 15 is 0 Å². The van der Waals surface area contributed by atoms with E-state index in [2.05, 4.69) is 0 Å². The zero-order valence-electron chi connectivity index (χ0n) is 23.2. The average Bonchev–Trinajstić information content (AvgIpc) is 0. The van der Waals surface area contributed by atoms with Gasteiger partial charge in [0.1, 0.15) is 0 Å². The summed E-state index contributed by atoms with van der Waals surface area (Å²) in [6, 6.07) is 0. The fourth-order valence-corrected chi connectivity index (χ4v) is 0. The van der Waals surface area contributed by atoms with Crippen LogP contribution in [-0.4, -0.2) is 122 Å². The van der Waals surface area contributed by atoms with Crippen molar-refractivity contribution in [2.75, 3.05) is 0 Å². The maximum atomic E-state index is 0. The third kappa shape index (κ3) is 80.2. The molecule has 0 radical (unpaired) electrons. The molecule has 0 spiro atoms. The molecule has 0 aliphatic heterocycles. The normalized spacial score (nSPS) is 0. The smallest absolute Gasteiger partial charge is 1.00 e. The van der Waals surface area contributed by atoms with Crippen LogP contribution in [0, 0.1) is 0 Å². The quantitative estimate of drug-likeness (QED) is 0.390. The first-order chi connectivity index (χ1) is 0. The molecule has 0 fully saturated rings. The molecular formula is H18Al7Cl3. The summed E-state index contributed by atoms with van der Waals surface area (Å²) in [4.78, 5) is 0. The minimum absolute atomic E-state index is 0. The van der Waals surface area contributed by atoms with E-state index in [1.165, 1.54) is 0 Å². The Bertz CT molecular complexity index is 35.1. The SMILES string of the molecule is [Al+3].[Al+3].[Al+3].[Al+3].[Al+3].[Al+3].[Al+3].[Cl-].[Cl-].[Cl-].[H-].[H-].[H-].[H-].[H-].[H-].[H-].[H-].[H-].[H-].[H-].[H-].[H-].[H-].[H-].[H-].[H-].[H-]. The second-order valence-corrected chi connectivity index (χ2v) is 0. The van der Waals surface area contributed by atoms with Crippen LogP contribution in [0.25, 0.3) is 0 Å². The van der Waals surface area contributed by atoms with Crippen molar-refractivity contribution in [3.63, 3.8) is 0 Å². The topological polar surface area (TPSA) is 0 Å². The molecule has 0 aromatic rings. The van der Waals surface area contributed by atoms with E-state index in [-0.39, 0.29) is 184 Å². The molecule has 0 aromatic heterocycles. The van der Waals surface area contributed by atoms with E-state index in [4.69, 9.17) is 0 Å². The van der Waals surface area contributed by atoms with Gasteiger partial charge in [-0.2, -0.15) is 0 Å². The van der Waals surface area contributed by atoms with Crippen LogP contribution in [-0.2, 0) is 0 Å². The molecule has 0 aliphatic carbocycles. The molecule has 0 nitrogen and oxygen atoms in total. The summed E-state index contributed by atoms with van der Waals surface area (Å²) in [7, 11) is 0. The predicted octanol–water partition coefficient (Wildman–Crippen LogP) is -9.63. The van der Waals surface area contributed by atoms with Gasteiger partial charge in [-0.1, -0.05) is 0 Å². The molecule has 0 aromatic carbocycles. The molecule has 10 heteroatoms. The van der Waals surface area contributed by atoms with Crippen LogP contribution in [0.2, 0.25) is 0 Å². The van der Waals surface area contributed by atoms with Crippen LogP contribution < -0.4 is 37.2 Å². The molecule has 0 bridgehead atoms. The monoisotopic (exact) mass is 312 g/mol. The molecule has 0 saturated carbocycles. The first kappa shape index (κ1) is 128. The van der Waals surface area contributed by atoms with Gasteiger partial charge in [-0.15, -0.1) is 0 Å². The molecule has 0 unspecified atom stereocenters. The maximum absolute atomic E-state index is 0. The zero-order valence-corrected chi connectivity index (χ0v) is 15.5. The minimum Gasteiger partial charge on any atom is -1.00 e. The Labute approximate surface area is 183 Å². The first-order valence-electron chi connectivity index (χ1n) is 0. The first-order valence-corrected chi connectivity index (χ1v) is 0. The van der Waals surface area contributed by atoms with E-state index in [9.17, 15) is 0 Å². The van der Waals surface area contributed by atoms with Crippen molar-refractivity contribution in [3.05, 3.63) is 0 Å². The average molecular weight is 313 g/mol. The van der Waals surface area contributed by atoms with Crippen molar-refractivity contribution in [3.8, 4) is 0 Å². The third-order valence-corrected chi connectivity index (χ3v) is 0. The molecular weight excluding hydrogens is 295 g/mol. The Morgan fingerprint density at radius 1 is 0.300 bits per heavy atom. The Morgan fingerprint density at radius 2 is 0.300 bits per heavy atom. The van der Waals surface area contributed by atoms with Crippen molar-refractivity contribution in [2.45, 2.75) is 0 Å². The summed E-state index contributed by atoms with van der Waals surface area (Å²) in [5.41, 5.74) is 0. The second-order valence-electron chi connectivity index (χ2n) is 0. The van der Waals surface area contributed by atoms with Gasteiger partial charge in [-0.25, -0.2) is 0 Å². The number of hydrogen-bond donors (Lipinski definition) is 0. The number of halogens is 3. The zero-order chi connectivity index (χ0) is 0. The van der Waals surface area contributed by atoms with Crippen LogP contribution in [0.4, 0.5) is 0 Å². The number of rotatable bonds is 0. The summed E-state index contributed by atoms with van der Waals surface area (Å²) in [5, 5.41) is 0. The van der Waals surface area contributed by atoms with Crippen LogP contribution in [0.1, 0.15) is 25.7 Å². The molecule has 60 valence electrons. The standard InChI is InChI=1S/7Al.3ClH.18H/h;;;;;;;3*1H;;;;;;;;;;;;;;;;;;/q7*+3;;;;18*-1/p-3. The molecule has 0 saturated heterocycles. The predicted molar refractivity (Wildman–Crippen MR) is 60.3 cm³/mol. The van der Waals surface area contributed by atoms with Gasteiger partial charge in [-0.3, -0.25) is 0 Å². The van der Waals surface area contributed by atoms with Gasteiger partial charge in [0.15, 0.2) is 0 Å². The van der Waals surface area contributed by atoms with Gasteiger partial charge >= 0.3 is 122 Å². The largest absolute Gasteiger partial charge is 3.00 e. The molecule has 0 N–H and O–H groups in total. The molecule has 10 heavy (non-hydrogen) atoms. The van der Waals surface area contributed by atoms with Crippen molar-refractivity contribution in [2.24, 2.45) is 0 Å². The molecule has 0 rings (SSSR count). The Kier molecular flexibility index (Phi) is 1300. The summed E-state index contributed by atoms with van der Waals surface area (Å²) >= 11 is 0. The Balaban J connectivity index is 0. The van der Waals surface area contributed by atoms with Crippen LogP contribution in [0.5, 0.6) is 0 Å².